The smallest absolute Gasteiger partial charge is 0.0175 e. The van der Waals surface area contributed by atoms with Crippen LogP contribution in [-0.4, -0.2) is 6.21 Å². The Morgan fingerprint density at radius 2 is 1.81 bits per heavy atom. The summed E-state index contributed by atoms with van der Waals surface area (Å²) in [5.74, 6) is 0. The van der Waals surface area contributed by atoms with E-state index in [0.29, 0.717) is 0 Å². The Balaban J connectivity index is 3.30. The molecule has 0 amide bonds. The van der Waals surface area contributed by atoms with E-state index in [-0.39, 0.29) is 10.8 Å². The third kappa shape index (κ3) is 5.20. The number of hydrogen-bond acceptors (Lipinski definition) is 2. The van der Waals surface area contributed by atoms with Crippen LogP contribution in [0.5, 0.6) is 0 Å². The normalized spacial score (nSPS) is 19.8. The topological polar surface area (TPSA) is 23.9 Å². The van der Waals surface area contributed by atoms with E-state index in [4.69, 9.17) is 5.41 Å². The number of hydrogen-bond donors (Lipinski definition) is 2. The Morgan fingerprint density at radius 1 is 1.24 bits per heavy atom. The summed E-state index contributed by atoms with van der Waals surface area (Å²) in [7, 11) is 0. The van der Waals surface area contributed by atoms with Crippen LogP contribution in [0.4, 0.5) is 0 Å². The SMILES string of the molecule is CC1=C(C(/C=C\C(C)(C)C=N)=C(/C)S)C=CC(C)(C)C=C1. The second-order valence-electron chi connectivity index (χ2n) is 6.88. The molecule has 0 heterocycles. The average molecular weight is 301 g/mol. The van der Waals surface area contributed by atoms with Crippen molar-refractivity contribution in [2.45, 2.75) is 41.5 Å². The molecule has 1 aliphatic carbocycles. The van der Waals surface area contributed by atoms with Crippen LogP contribution in [0.15, 0.2) is 58.1 Å². The van der Waals surface area contributed by atoms with Gasteiger partial charge in [0.25, 0.3) is 0 Å². The highest BCUT2D eigenvalue weighted by Crippen LogP contribution is 2.31. The van der Waals surface area contributed by atoms with Gasteiger partial charge in [0, 0.05) is 17.0 Å². The van der Waals surface area contributed by atoms with Crippen molar-refractivity contribution in [1.82, 2.24) is 0 Å². The molecule has 0 saturated carbocycles. The zero-order chi connectivity index (χ0) is 16.3. The molecule has 1 rings (SSSR count). The third-order valence-corrected chi connectivity index (χ3v) is 3.84. The second-order valence-corrected chi connectivity index (χ2v) is 7.55. The third-order valence-electron chi connectivity index (χ3n) is 3.60. The first-order valence-electron chi connectivity index (χ1n) is 7.28. The van der Waals surface area contributed by atoms with Gasteiger partial charge in [0.05, 0.1) is 0 Å². The van der Waals surface area contributed by atoms with E-state index >= 15 is 0 Å². The van der Waals surface area contributed by atoms with E-state index < -0.39 is 0 Å². The summed E-state index contributed by atoms with van der Waals surface area (Å²) in [5, 5.41) is 7.48. The Labute approximate surface area is 135 Å². The number of allylic oxidation sites excluding steroid dienone is 10. The number of rotatable bonds is 4. The maximum absolute atomic E-state index is 7.48. The average Bonchev–Trinajstić information content (AvgIpc) is 2.51. The molecule has 1 nitrogen and oxygen atoms in total. The molecule has 1 N–H and O–H groups in total. The fourth-order valence-corrected chi connectivity index (χ4v) is 2.16. The minimum Gasteiger partial charge on any atom is -0.312 e. The van der Waals surface area contributed by atoms with Gasteiger partial charge in [0.15, 0.2) is 0 Å². The van der Waals surface area contributed by atoms with Crippen molar-refractivity contribution < 1.29 is 0 Å². The van der Waals surface area contributed by atoms with Crippen molar-refractivity contribution in [3.8, 4) is 0 Å². The summed E-state index contributed by atoms with van der Waals surface area (Å²) >= 11 is 4.56. The highest BCUT2D eigenvalue weighted by Gasteiger charge is 2.15. The molecule has 0 spiro atoms. The molecule has 0 unspecified atom stereocenters. The monoisotopic (exact) mass is 301 g/mol. The van der Waals surface area contributed by atoms with Crippen LogP contribution in [0.3, 0.4) is 0 Å². The fraction of sp³-hybridized carbons (Fsp3) is 0.421. The van der Waals surface area contributed by atoms with Gasteiger partial charge in [-0.1, -0.05) is 64.2 Å². The van der Waals surface area contributed by atoms with Gasteiger partial charge >= 0.3 is 0 Å². The van der Waals surface area contributed by atoms with Gasteiger partial charge in [-0.2, -0.15) is 0 Å². The quantitative estimate of drug-likeness (QED) is 0.367. The first-order valence-corrected chi connectivity index (χ1v) is 7.73. The van der Waals surface area contributed by atoms with Gasteiger partial charge in [0.1, 0.15) is 0 Å². The van der Waals surface area contributed by atoms with E-state index in [2.05, 4.69) is 69.9 Å². The van der Waals surface area contributed by atoms with Crippen molar-refractivity contribution in [3.05, 3.63) is 58.1 Å². The Hall–Kier alpha value is -1.28. The summed E-state index contributed by atoms with van der Waals surface area (Å²) in [6.07, 6.45) is 14.4. The van der Waals surface area contributed by atoms with Crippen molar-refractivity contribution in [2.75, 3.05) is 0 Å². The minimum atomic E-state index is -0.244. The fourth-order valence-electron chi connectivity index (χ4n) is 1.97. The van der Waals surface area contributed by atoms with Gasteiger partial charge < -0.3 is 5.41 Å². The zero-order valence-electron chi connectivity index (χ0n) is 14.0. The van der Waals surface area contributed by atoms with E-state index in [1.54, 1.807) is 0 Å². The standard InChI is InChI=1S/C19H27NS/c1-14-7-10-18(3,4)11-8-16(14)17(15(2)21)9-12-19(5,6)13-20/h7-13,20-21H,1-6H3/b12-9-,17-15-,20-13?. The molecule has 1 aliphatic rings. The maximum Gasteiger partial charge on any atom is 0.0175 e. The molecule has 2 heteroatoms. The molecule has 0 bridgehead atoms. The molecule has 0 saturated heterocycles. The lowest BCUT2D eigenvalue weighted by molar-refractivity contribution is 0.626. The largest absolute Gasteiger partial charge is 0.312 e. The minimum absolute atomic E-state index is 0.0660. The Bertz CT molecular complexity index is 562. The van der Waals surface area contributed by atoms with E-state index in [9.17, 15) is 0 Å². The highest BCUT2D eigenvalue weighted by molar-refractivity contribution is 7.84. The predicted molar refractivity (Wildman–Crippen MR) is 98.2 cm³/mol. The van der Waals surface area contributed by atoms with E-state index in [0.717, 1.165) is 10.5 Å². The van der Waals surface area contributed by atoms with Crippen LogP contribution in [-0.2, 0) is 0 Å². The van der Waals surface area contributed by atoms with Crippen LogP contribution in [0.1, 0.15) is 41.5 Å². The lowest BCUT2D eigenvalue weighted by Gasteiger charge is -2.15. The van der Waals surface area contributed by atoms with Gasteiger partial charge in [-0.25, -0.2) is 0 Å². The van der Waals surface area contributed by atoms with Gasteiger partial charge in [-0.15, -0.1) is 12.6 Å². The molecule has 114 valence electrons. The van der Waals surface area contributed by atoms with Crippen LogP contribution < -0.4 is 0 Å². The summed E-state index contributed by atoms with van der Waals surface area (Å²) in [4.78, 5) is 0.985. The molecule has 0 radical (unpaired) electrons. The molecule has 0 fully saturated rings. The summed E-state index contributed by atoms with van der Waals surface area (Å²) in [6.45, 7) is 12.6. The Morgan fingerprint density at radius 3 is 2.33 bits per heavy atom. The lowest BCUT2D eigenvalue weighted by atomic mass is 9.91. The molecule has 0 aromatic heterocycles. The van der Waals surface area contributed by atoms with Crippen molar-refractivity contribution in [3.63, 3.8) is 0 Å². The Kier molecular flexibility index (Phi) is 5.63. The summed E-state index contributed by atoms with van der Waals surface area (Å²) < 4.78 is 0. The predicted octanol–water partition coefficient (Wildman–Crippen LogP) is 5.89. The molecule has 0 aliphatic heterocycles. The molecule has 0 atom stereocenters. The number of nitrogens with one attached hydrogen (secondary N) is 1. The van der Waals surface area contributed by atoms with Crippen LogP contribution >= 0.6 is 12.6 Å². The first kappa shape index (κ1) is 17.8. The maximum atomic E-state index is 7.48. The van der Waals surface area contributed by atoms with Crippen LogP contribution in [0.25, 0.3) is 0 Å². The first-order chi connectivity index (χ1) is 9.58. The molecule has 0 aromatic carbocycles. The van der Waals surface area contributed by atoms with Crippen molar-refractivity contribution in [1.29, 1.82) is 5.41 Å². The van der Waals surface area contributed by atoms with Gasteiger partial charge in [0.2, 0.25) is 0 Å². The lowest BCUT2D eigenvalue weighted by Crippen LogP contribution is -2.08. The molecule has 21 heavy (non-hydrogen) atoms. The zero-order valence-corrected chi connectivity index (χ0v) is 14.9. The summed E-state index contributed by atoms with van der Waals surface area (Å²) in [6, 6.07) is 0. The number of thiol groups is 1. The summed E-state index contributed by atoms with van der Waals surface area (Å²) in [5.41, 5.74) is 3.37. The van der Waals surface area contributed by atoms with E-state index in [1.807, 2.05) is 20.8 Å². The highest BCUT2D eigenvalue weighted by atomic mass is 32.1. The second kappa shape index (κ2) is 6.65. The van der Waals surface area contributed by atoms with Crippen LogP contribution in [0.2, 0.25) is 0 Å². The van der Waals surface area contributed by atoms with Gasteiger partial charge in [-0.05, 0) is 35.5 Å². The van der Waals surface area contributed by atoms with Gasteiger partial charge in [-0.3, -0.25) is 0 Å². The molecular weight excluding hydrogens is 274 g/mol. The molecule has 0 aromatic rings. The van der Waals surface area contributed by atoms with Crippen molar-refractivity contribution >= 4 is 18.8 Å². The van der Waals surface area contributed by atoms with E-state index in [1.165, 1.54) is 17.4 Å². The van der Waals surface area contributed by atoms with Crippen molar-refractivity contribution in [2.24, 2.45) is 10.8 Å². The van der Waals surface area contributed by atoms with Crippen LogP contribution in [0, 0.1) is 16.2 Å². The molecular formula is C19H27NS.